The van der Waals surface area contributed by atoms with Gasteiger partial charge in [0, 0.05) is 11.1 Å². The minimum atomic E-state index is -4.99. The molecule has 0 amide bonds. The molecule has 0 saturated heterocycles. The second-order valence-electron chi connectivity index (χ2n) is 7.26. The Kier molecular flexibility index (Phi) is 6.45. The van der Waals surface area contributed by atoms with Crippen LogP contribution in [-0.2, 0) is 6.18 Å². The molecule has 0 aliphatic heterocycles. The van der Waals surface area contributed by atoms with E-state index in [2.05, 4.69) is 0 Å². The van der Waals surface area contributed by atoms with Crippen LogP contribution in [0.15, 0.2) is 69.9 Å². The highest BCUT2D eigenvalue weighted by molar-refractivity contribution is 6.30. The lowest BCUT2D eigenvalue weighted by Gasteiger charge is -2.15. The highest BCUT2D eigenvalue weighted by Gasteiger charge is 2.39. The SMILES string of the molecule is COc1ccc(-c2c(C(F)(F)F)oc3cc(OC(=O)c4ccc(Cl)cc4)ccc3c2=O)cc1OC. The predicted octanol–water partition coefficient (Wildman–Crippen LogP) is 6.37. The van der Waals surface area contributed by atoms with Crippen LogP contribution in [0.4, 0.5) is 13.2 Å². The van der Waals surface area contributed by atoms with E-state index in [4.69, 9.17) is 30.2 Å². The summed E-state index contributed by atoms with van der Waals surface area (Å²) < 4.78 is 62.5. The summed E-state index contributed by atoms with van der Waals surface area (Å²) in [7, 11) is 2.70. The summed E-state index contributed by atoms with van der Waals surface area (Å²) in [5.74, 6) is -1.94. The number of halogens is 4. The number of esters is 1. The van der Waals surface area contributed by atoms with E-state index >= 15 is 0 Å². The molecule has 4 rings (SSSR count). The number of hydrogen-bond donors (Lipinski definition) is 0. The van der Waals surface area contributed by atoms with Crippen LogP contribution in [0.3, 0.4) is 0 Å². The number of ether oxygens (including phenoxy) is 3. The van der Waals surface area contributed by atoms with Gasteiger partial charge in [-0.25, -0.2) is 4.79 Å². The van der Waals surface area contributed by atoms with Gasteiger partial charge in [0.2, 0.25) is 11.2 Å². The van der Waals surface area contributed by atoms with Crippen LogP contribution in [0.2, 0.25) is 5.02 Å². The van der Waals surface area contributed by atoms with Crippen molar-refractivity contribution in [2.45, 2.75) is 6.18 Å². The summed E-state index contributed by atoms with van der Waals surface area (Å²) in [6.45, 7) is 0. The first kappa shape index (κ1) is 24.2. The van der Waals surface area contributed by atoms with E-state index in [0.717, 1.165) is 6.07 Å². The van der Waals surface area contributed by atoms with Gasteiger partial charge in [-0.3, -0.25) is 4.79 Å². The number of fused-ring (bicyclic) bond motifs is 1. The first-order chi connectivity index (χ1) is 16.6. The molecular weight excluding hydrogens is 489 g/mol. The van der Waals surface area contributed by atoms with Gasteiger partial charge in [0.05, 0.1) is 30.7 Å². The Morgan fingerprint density at radius 3 is 2.23 bits per heavy atom. The maximum Gasteiger partial charge on any atom is 0.450 e. The maximum atomic E-state index is 13.9. The van der Waals surface area contributed by atoms with Crippen molar-refractivity contribution >= 4 is 28.5 Å². The number of carbonyl (C=O) groups is 1. The zero-order chi connectivity index (χ0) is 25.3. The predicted molar refractivity (Wildman–Crippen MR) is 122 cm³/mol. The van der Waals surface area contributed by atoms with Crippen LogP contribution < -0.4 is 19.6 Å². The second-order valence-corrected chi connectivity index (χ2v) is 7.69. The molecule has 0 radical (unpaired) electrons. The molecule has 0 N–H and O–H groups in total. The van der Waals surface area contributed by atoms with Gasteiger partial charge in [-0.2, -0.15) is 13.2 Å². The first-order valence-electron chi connectivity index (χ1n) is 10.0. The maximum absolute atomic E-state index is 13.9. The van der Waals surface area contributed by atoms with Crippen molar-refractivity contribution in [3.63, 3.8) is 0 Å². The molecule has 6 nitrogen and oxygen atoms in total. The minimum absolute atomic E-state index is 0.0659. The topological polar surface area (TPSA) is 75.0 Å². The fourth-order valence-corrected chi connectivity index (χ4v) is 3.57. The van der Waals surface area contributed by atoms with E-state index in [1.54, 1.807) is 0 Å². The van der Waals surface area contributed by atoms with Crippen molar-refractivity contribution in [3.05, 3.63) is 87.2 Å². The summed E-state index contributed by atoms with van der Waals surface area (Å²) in [6, 6.07) is 13.4. The van der Waals surface area contributed by atoms with Crippen LogP contribution in [-0.4, -0.2) is 20.2 Å². The Hall–Kier alpha value is -3.98. The van der Waals surface area contributed by atoms with E-state index < -0.39 is 34.5 Å². The molecule has 0 bridgehead atoms. The normalized spacial score (nSPS) is 11.4. The van der Waals surface area contributed by atoms with E-state index in [0.29, 0.717) is 5.02 Å². The Balaban J connectivity index is 1.83. The monoisotopic (exact) mass is 504 g/mol. The summed E-state index contributed by atoms with van der Waals surface area (Å²) in [5, 5.41) is 0.285. The zero-order valence-corrected chi connectivity index (χ0v) is 19.0. The molecule has 35 heavy (non-hydrogen) atoms. The van der Waals surface area contributed by atoms with E-state index in [-0.39, 0.29) is 33.8 Å². The van der Waals surface area contributed by atoms with Crippen LogP contribution in [0.5, 0.6) is 17.2 Å². The van der Waals surface area contributed by atoms with Crippen LogP contribution >= 0.6 is 11.6 Å². The number of rotatable bonds is 5. The lowest BCUT2D eigenvalue weighted by molar-refractivity contribution is -0.152. The van der Waals surface area contributed by atoms with Gasteiger partial charge in [-0.1, -0.05) is 17.7 Å². The molecule has 0 atom stereocenters. The fourth-order valence-electron chi connectivity index (χ4n) is 3.44. The molecule has 0 aliphatic rings. The van der Waals surface area contributed by atoms with Crippen molar-refractivity contribution in [1.82, 2.24) is 0 Å². The Bertz CT molecular complexity index is 1480. The molecule has 1 heterocycles. The highest BCUT2D eigenvalue weighted by atomic mass is 35.5. The lowest BCUT2D eigenvalue weighted by atomic mass is 10.0. The van der Waals surface area contributed by atoms with Crippen LogP contribution in [0.25, 0.3) is 22.1 Å². The first-order valence-corrected chi connectivity index (χ1v) is 10.4. The zero-order valence-electron chi connectivity index (χ0n) is 18.2. The summed E-state index contributed by atoms with van der Waals surface area (Å²) in [4.78, 5) is 25.5. The molecular formula is C25H16ClF3O6. The lowest BCUT2D eigenvalue weighted by Crippen LogP contribution is -2.16. The second kappa shape index (κ2) is 9.34. The molecule has 180 valence electrons. The third-order valence-electron chi connectivity index (χ3n) is 5.08. The largest absolute Gasteiger partial charge is 0.493 e. The standard InChI is InChI=1S/C25H16ClF3O6/c1-32-18-10-5-14(11-20(18)33-2)21-22(30)17-9-8-16(12-19(17)35-23(21)25(27,28)29)34-24(31)13-3-6-15(26)7-4-13/h3-12H,1-2H3. The number of hydrogen-bond acceptors (Lipinski definition) is 6. The van der Waals surface area contributed by atoms with Gasteiger partial charge in [-0.15, -0.1) is 0 Å². The number of benzene rings is 3. The molecule has 4 aromatic rings. The van der Waals surface area contributed by atoms with Crippen LogP contribution in [0.1, 0.15) is 16.1 Å². The molecule has 0 saturated carbocycles. The third kappa shape index (κ3) is 4.81. The van der Waals surface area contributed by atoms with Gasteiger partial charge >= 0.3 is 12.1 Å². The molecule has 0 unspecified atom stereocenters. The number of carbonyl (C=O) groups excluding carboxylic acids is 1. The van der Waals surface area contributed by atoms with Crippen molar-refractivity contribution in [1.29, 1.82) is 0 Å². The quantitative estimate of drug-likeness (QED) is 0.232. The molecule has 3 aromatic carbocycles. The Morgan fingerprint density at radius 2 is 1.60 bits per heavy atom. The van der Waals surface area contributed by atoms with Gasteiger partial charge in [0.25, 0.3) is 0 Å². The van der Waals surface area contributed by atoms with Gasteiger partial charge in [0.15, 0.2) is 11.5 Å². The Labute approximate surface area is 201 Å². The minimum Gasteiger partial charge on any atom is -0.493 e. The average Bonchev–Trinajstić information content (AvgIpc) is 2.83. The fraction of sp³-hybridized carbons (Fsp3) is 0.120. The smallest absolute Gasteiger partial charge is 0.450 e. The van der Waals surface area contributed by atoms with Crippen molar-refractivity contribution in [3.8, 4) is 28.4 Å². The van der Waals surface area contributed by atoms with Gasteiger partial charge < -0.3 is 18.6 Å². The molecule has 0 aliphatic carbocycles. The van der Waals surface area contributed by atoms with E-state index in [9.17, 15) is 22.8 Å². The highest BCUT2D eigenvalue weighted by Crippen LogP contribution is 2.40. The van der Waals surface area contributed by atoms with Crippen molar-refractivity contribution in [2.24, 2.45) is 0 Å². The molecule has 10 heteroatoms. The number of alkyl halides is 3. The molecule has 0 fully saturated rings. The average molecular weight is 505 g/mol. The summed E-state index contributed by atoms with van der Waals surface area (Å²) in [5.41, 5.74) is -1.88. The molecule has 1 aromatic heterocycles. The number of methoxy groups -OCH3 is 2. The molecule has 0 spiro atoms. The van der Waals surface area contributed by atoms with E-state index in [1.807, 2.05) is 0 Å². The Morgan fingerprint density at radius 1 is 0.914 bits per heavy atom. The summed E-state index contributed by atoms with van der Waals surface area (Å²) >= 11 is 5.80. The third-order valence-corrected chi connectivity index (χ3v) is 5.34. The summed E-state index contributed by atoms with van der Waals surface area (Å²) in [6.07, 6.45) is -4.99. The van der Waals surface area contributed by atoms with Crippen LogP contribution in [0, 0.1) is 0 Å². The van der Waals surface area contributed by atoms with Gasteiger partial charge in [0.1, 0.15) is 11.3 Å². The van der Waals surface area contributed by atoms with Crippen molar-refractivity contribution < 1.29 is 36.6 Å². The van der Waals surface area contributed by atoms with E-state index in [1.165, 1.54) is 68.8 Å². The van der Waals surface area contributed by atoms with Gasteiger partial charge in [-0.05, 0) is 54.1 Å². The van der Waals surface area contributed by atoms with Crippen molar-refractivity contribution in [2.75, 3.05) is 14.2 Å².